The third-order valence-electron chi connectivity index (χ3n) is 24.2. The largest absolute Gasteiger partial charge is 0.489 e. The summed E-state index contributed by atoms with van der Waals surface area (Å²) in [4.78, 5) is 117. The van der Waals surface area contributed by atoms with Gasteiger partial charge in [-0.3, -0.25) is 67.0 Å². The molecule has 0 aliphatic carbocycles. The number of nitrogens with zero attached hydrogens (tertiary/aromatic N) is 17. The number of aliphatic hydroxyl groups excluding tert-OH is 1. The van der Waals surface area contributed by atoms with Crippen LogP contribution >= 0.6 is 34.8 Å². The maximum absolute atomic E-state index is 14.3. The number of ether oxygens (including phenoxy) is 6. The minimum Gasteiger partial charge on any atom is -0.489 e. The number of hydrogen-bond donors (Lipinski definition) is 1. The molecule has 9 aromatic carbocycles. The molecule has 30 nitrogen and oxygen atoms in total. The van der Waals surface area contributed by atoms with E-state index in [0.29, 0.717) is 248 Å². The van der Waals surface area contributed by atoms with Crippen LogP contribution in [0.3, 0.4) is 0 Å². The van der Waals surface area contributed by atoms with Crippen LogP contribution in [0.4, 0.5) is 0 Å². The summed E-state index contributed by atoms with van der Waals surface area (Å²) in [6, 6.07) is 63.2. The summed E-state index contributed by atoms with van der Waals surface area (Å²) in [5.41, 5.74) is 6.53. The molecule has 16 rings (SSSR count). The fraction of sp³-hybridized carbons (Fsp3) is 0.390. The highest BCUT2D eigenvalue weighted by atomic mass is 35.5. The lowest BCUT2D eigenvalue weighted by molar-refractivity contribution is -0.135. The second-order valence-electron chi connectivity index (χ2n) is 35.8. The van der Waals surface area contributed by atoms with Gasteiger partial charge in [0, 0.05) is 159 Å². The summed E-state index contributed by atoms with van der Waals surface area (Å²) >= 11 is 17.8. The Bertz CT molecular complexity index is 6390. The van der Waals surface area contributed by atoms with Crippen molar-refractivity contribution in [3.05, 3.63) is 280 Å². The number of carbonyl (C=O) groups excluding carboxylic acids is 3. The van der Waals surface area contributed by atoms with E-state index in [-0.39, 0.29) is 79.1 Å². The van der Waals surface area contributed by atoms with Gasteiger partial charge in [0.15, 0.2) is 19.8 Å². The molecule has 0 saturated carbocycles. The number of nitriles is 1. The lowest BCUT2D eigenvalue weighted by Gasteiger charge is -2.35. The van der Waals surface area contributed by atoms with Crippen LogP contribution in [0.5, 0.6) is 34.5 Å². The molecule has 0 bridgehead atoms. The Labute approximate surface area is 820 Å². The summed E-state index contributed by atoms with van der Waals surface area (Å²) < 4.78 is 40.8. The molecule has 1 N–H and O–H groups in total. The van der Waals surface area contributed by atoms with Crippen molar-refractivity contribution < 1.29 is 47.9 Å². The summed E-state index contributed by atoms with van der Waals surface area (Å²) in [5, 5.41) is 21.9. The number of amides is 3. The highest BCUT2D eigenvalue weighted by molar-refractivity contribution is 6.31. The van der Waals surface area contributed by atoms with Gasteiger partial charge in [0.2, 0.25) is 0 Å². The fourth-order valence-electron chi connectivity index (χ4n) is 17.0. The number of para-hydroxylation sites is 3. The average Bonchev–Trinajstić information content (AvgIpc) is 0.767. The topological polar surface area (TPSA) is 288 Å². The number of fused-ring (bicyclic) bond motifs is 3. The predicted molar refractivity (Wildman–Crippen MR) is 538 cm³/mol. The van der Waals surface area contributed by atoms with E-state index in [2.05, 4.69) is 54.6 Å². The number of carbonyl (C=O) groups is 3. The van der Waals surface area contributed by atoms with Crippen molar-refractivity contribution in [1.29, 1.82) is 5.26 Å². The number of piperazine rings is 4. The highest BCUT2D eigenvalue weighted by Gasteiger charge is 2.31. The Kier molecular flexibility index (Phi) is 35.9. The van der Waals surface area contributed by atoms with E-state index < -0.39 is 0 Å². The van der Waals surface area contributed by atoms with Crippen LogP contribution in [-0.2, 0) is 53.7 Å². The molecule has 3 aromatic heterocycles. The smallest absolute Gasteiger partial charge is 0.266 e. The molecule has 0 spiro atoms. The van der Waals surface area contributed by atoms with E-state index in [9.17, 15) is 33.9 Å². The summed E-state index contributed by atoms with van der Waals surface area (Å²) in [7, 11) is 6.07. The SMILES string of the molecule is CC(C)Oc1ccc(CN(C)CCC#N)cc1-n1c(CN2CCN(C(=O)COc3ccc(Cl)cc3)CC2)nc2ccccc2c1=O.CC(C)Oc1ccc(CN(C)CCO)cc1-n1c(CN2CCN(C(=O)COc3ccc(Cl)cc3)CC2)nc2ccccc2c1=O.CC(C)Oc1ccc(CN2CCN(C)CC2)cc1-n1c(CN2CCN(C(=O)COc3ccc(Cl)cc3)CC2)nc2ccccc2c1=O. The molecular formula is C105H122Cl3N17O13. The van der Waals surface area contributed by atoms with Gasteiger partial charge < -0.3 is 58.0 Å². The molecule has 4 fully saturated rings. The zero-order valence-corrected chi connectivity index (χ0v) is 82.1. The lowest BCUT2D eigenvalue weighted by Crippen LogP contribution is -2.50. The van der Waals surface area contributed by atoms with E-state index in [1.807, 2.05) is 169 Å². The van der Waals surface area contributed by atoms with Crippen molar-refractivity contribution in [3.63, 3.8) is 0 Å². The minimum absolute atomic E-state index is 0.0312. The van der Waals surface area contributed by atoms with Crippen molar-refractivity contribution in [2.24, 2.45) is 0 Å². The van der Waals surface area contributed by atoms with Crippen molar-refractivity contribution >= 4 is 85.2 Å². The normalized spacial score (nSPS) is 14.8. The van der Waals surface area contributed by atoms with E-state index >= 15 is 0 Å². The van der Waals surface area contributed by atoms with Gasteiger partial charge in [-0.05, 0) is 225 Å². The zero-order valence-electron chi connectivity index (χ0n) is 79.9. The summed E-state index contributed by atoms with van der Waals surface area (Å²) in [6.07, 6.45) is 0.155. The van der Waals surface area contributed by atoms with Crippen molar-refractivity contribution in [3.8, 4) is 57.6 Å². The number of likely N-dealkylation sites (N-methyl/N-ethyl adjacent to an activating group) is 2. The van der Waals surface area contributed by atoms with Crippen LogP contribution in [0, 0.1) is 11.3 Å². The van der Waals surface area contributed by atoms with Crippen LogP contribution in [0.25, 0.3) is 49.8 Å². The summed E-state index contributed by atoms with van der Waals surface area (Å²) in [6.45, 7) is 27.3. The summed E-state index contributed by atoms with van der Waals surface area (Å²) in [5.74, 6) is 5.24. The Morgan fingerprint density at radius 3 is 0.993 bits per heavy atom. The standard InChI is InChI=1S/C36H43ClN6O4.C35H39ClN6O4.C34H40ClN5O5/c1-26(2)47-33-13-8-27(23-40-16-14-39(3)15-17-40)22-32(33)43-34(38-31-7-5-4-6-30(31)36(43)45)24-41-18-20-42(21-19-41)35(44)25-46-29-11-9-28(37)10-12-29;1-25(2)46-32-14-9-26(22-39(3)16-6-15-37)21-31(32)42-33(38-30-8-5-4-7-29(30)35(42)44)23-40-17-19-41(20-18-40)34(43)24-45-28-12-10-27(36)11-13-28;1-24(2)45-31-13-8-25(21-37(3)18-19-41)20-30(31)40-32(36-29-7-5-4-6-28(29)34(40)43)22-38-14-16-39(17-15-38)33(42)23-44-27-11-9-26(35)10-12-27/h4-13,22,26H,14-21,23-25H2,1-3H3;4-5,7-14,21,25H,6,16-20,22-24H2,1-3H3;4-13,20,24,41H,14-19,21-23H2,1-3H3. The third kappa shape index (κ3) is 27.6. The number of aromatic nitrogens is 6. The van der Waals surface area contributed by atoms with E-state index in [4.69, 9.17) is 83.4 Å². The molecule has 4 aliphatic rings. The number of halogens is 3. The van der Waals surface area contributed by atoms with Gasteiger partial charge in [0.25, 0.3) is 34.4 Å². The quantitative estimate of drug-likeness (QED) is 0.0392. The van der Waals surface area contributed by atoms with Crippen molar-refractivity contribution in [1.82, 2.24) is 77.7 Å². The molecule has 0 atom stereocenters. The molecular weight excluding hydrogens is 1810 g/mol. The lowest BCUT2D eigenvalue weighted by atomic mass is 10.1. The first-order valence-corrected chi connectivity index (χ1v) is 48.1. The van der Waals surface area contributed by atoms with E-state index in [1.165, 1.54) is 0 Å². The Morgan fingerprint density at radius 1 is 0.391 bits per heavy atom. The van der Waals surface area contributed by atoms with Crippen molar-refractivity contribution in [2.45, 2.75) is 106 Å². The Balaban J connectivity index is 0.000000165. The molecule has 726 valence electrons. The van der Waals surface area contributed by atoms with E-state index in [1.54, 1.807) is 108 Å². The van der Waals surface area contributed by atoms with Crippen LogP contribution in [0.1, 0.15) is 82.1 Å². The predicted octanol–water partition coefficient (Wildman–Crippen LogP) is 13.2. The molecule has 0 radical (unpaired) electrons. The first kappa shape index (κ1) is 102. The van der Waals surface area contributed by atoms with Gasteiger partial charge in [0.05, 0.1) is 100 Å². The molecule has 4 aliphatic heterocycles. The third-order valence-corrected chi connectivity index (χ3v) is 25.0. The molecule has 12 aromatic rings. The zero-order chi connectivity index (χ0) is 97.5. The second-order valence-corrected chi connectivity index (χ2v) is 37.2. The molecule has 3 amide bonds. The van der Waals surface area contributed by atoms with Gasteiger partial charge in [-0.25, -0.2) is 15.0 Å². The first-order valence-electron chi connectivity index (χ1n) is 47.0. The van der Waals surface area contributed by atoms with Gasteiger partial charge in [-0.1, -0.05) is 89.4 Å². The Morgan fingerprint density at radius 2 is 0.681 bits per heavy atom. The van der Waals surface area contributed by atoms with E-state index in [0.717, 1.165) is 49.4 Å². The fourth-order valence-corrected chi connectivity index (χ4v) is 17.4. The molecule has 7 heterocycles. The van der Waals surface area contributed by atoms with Gasteiger partial charge >= 0.3 is 0 Å². The molecule has 0 unspecified atom stereocenters. The van der Waals surface area contributed by atoms with Crippen molar-refractivity contribution in [2.75, 3.05) is 165 Å². The second kappa shape index (κ2) is 48.8. The maximum atomic E-state index is 14.3. The maximum Gasteiger partial charge on any atom is 0.266 e. The minimum atomic E-state index is -0.169. The van der Waals surface area contributed by atoms with Gasteiger partial charge in [0.1, 0.15) is 52.0 Å². The molecule has 33 heteroatoms. The average molecular weight is 1940 g/mol. The molecule has 138 heavy (non-hydrogen) atoms. The van der Waals surface area contributed by atoms with Crippen LogP contribution in [0.2, 0.25) is 15.1 Å². The highest BCUT2D eigenvalue weighted by Crippen LogP contribution is 2.33. The van der Waals surface area contributed by atoms with Gasteiger partial charge in [-0.15, -0.1) is 0 Å². The van der Waals surface area contributed by atoms with Gasteiger partial charge in [-0.2, -0.15) is 5.26 Å². The number of rotatable bonds is 34. The number of hydrogen-bond acceptors (Lipinski definition) is 24. The van der Waals surface area contributed by atoms with Crippen LogP contribution in [0.15, 0.2) is 215 Å². The number of aliphatic hydroxyl groups is 1. The molecule has 4 saturated heterocycles. The Hall–Kier alpha value is -12.4. The number of benzene rings is 9. The first-order chi connectivity index (χ1) is 66.6. The monoisotopic (exact) mass is 1930 g/mol. The van der Waals surface area contributed by atoms with Crippen LogP contribution in [-0.4, -0.2) is 284 Å². The van der Waals surface area contributed by atoms with Crippen LogP contribution < -0.4 is 45.1 Å².